The Kier molecular flexibility index (Phi) is 17.7. The maximum Gasteiger partial charge on any atom is 0.145 e. The van der Waals surface area contributed by atoms with E-state index in [9.17, 15) is 35.4 Å². The fourth-order valence-corrected chi connectivity index (χ4v) is 11.1. The van der Waals surface area contributed by atoms with E-state index in [4.69, 9.17) is 9.47 Å². The van der Waals surface area contributed by atoms with E-state index >= 15 is 0 Å². The third-order valence-electron chi connectivity index (χ3n) is 14.4. The van der Waals surface area contributed by atoms with Crippen molar-refractivity contribution in [2.75, 3.05) is 53.7 Å². The summed E-state index contributed by atoms with van der Waals surface area (Å²) in [7, 11) is 3.54. The Balaban J connectivity index is 1.50. The maximum atomic E-state index is 12.9. The molecule has 0 unspecified atom stereocenters. The lowest BCUT2D eigenvalue weighted by Crippen LogP contribution is -2.65. The number of nitrogens with one attached hydrogen (secondary N) is 2. The number of methoxy groups -OCH3 is 1. The minimum atomic E-state index is -1.28. The van der Waals surface area contributed by atoms with E-state index in [-0.39, 0.29) is 49.0 Å². The highest BCUT2D eigenvalue weighted by atomic mass is 16.5. The molecule has 3 aliphatic carbocycles. The van der Waals surface area contributed by atoms with E-state index in [0.717, 1.165) is 47.8 Å². The van der Waals surface area contributed by atoms with E-state index in [1.54, 1.807) is 7.11 Å². The number of carbonyl (C=O) groups excluding carboxylic acids is 1. The molecule has 0 radical (unpaired) electrons. The number of fused-ring (bicyclic) bond motifs is 5. The van der Waals surface area contributed by atoms with Crippen LogP contribution in [0.15, 0.2) is 95.2 Å². The normalized spacial score (nSPS) is 35.4. The Bertz CT molecular complexity index is 1800. The average molecular weight is 847 g/mol. The summed E-state index contributed by atoms with van der Waals surface area (Å²) in [5.74, 6) is -1.12. The van der Waals surface area contributed by atoms with Crippen molar-refractivity contribution in [3.05, 3.63) is 106 Å². The SMILES string of the molecule is C=C(/C=C/C=C(/COC[C@H](O)CO)[C@@H]1CC[C@]2([C@@H]1O)[C@@H]1C(=C(C)C=O)[C@@H](C=C[C@H]1CCO)C[C@]2(O)CCNC)[C@H]1C/C=C(\C)[C@@H](O)N[C@@](C)(CCOC)Cc2cccc(c2)C1. The van der Waals surface area contributed by atoms with Crippen LogP contribution in [0.2, 0.25) is 0 Å². The Morgan fingerprint density at radius 1 is 1.16 bits per heavy atom. The van der Waals surface area contributed by atoms with Crippen LogP contribution in [0.1, 0.15) is 76.8 Å². The molecule has 0 saturated heterocycles. The number of hydrogen-bond donors (Lipinski definition) is 8. The van der Waals surface area contributed by atoms with Crippen LogP contribution in [0, 0.1) is 35.0 Å². The molecule has 5 rings (SSSR count). The first-order valence-electron chi connectivity index (χ1n) is 22.3. The predicted molar refractivity (Wildman–Crippen MR) is 239 cm³/mol. The molecule has 1 aliphatic heterocycles. The zero-order valence-corrected chi connectivity index (χ0v) is 37.2. The van der Waals surface area contributed by atoms with Crippen LogP contribution in [-0.2, 0) is 27.1 Å². The molecule has 1 aromatic rings. The van der Waals surface area contributed by atoms with Gasteiger partial charge in [-0.2, -0.15) is 0 Å². The van der Waals surface area contributed by atoms with Gasteiger partial charge in [0.2, 0.25) is 0 Å². The Morgan fingerprint density at radius 3 is 2.64 bits per heavy atom. The minimum Gasteiger partial charge on any atom is -0.396 e. The van der Waals surface area contributed by atoms with Crippen molar-refractivity contribution in [1.29, 1.82) is 0 Å². The van der Waals surface area contributed by atoms with Gasteiger partial charge in [-0.25, -0.2) is 0 Å². The van der Waals surface area contributed by atoms with Gasteiger partial charge in [0.25, 0.3) is 0 Å². The summed E-state index contributed by atoms with van der Waals surface area (Å²) in [6, 6.07) is 8.60. The molecule has 1 aromatic carbocycles. The van der Waals surface area contributed by atoms with Gasteiger partial charge in [0.05, 0.1) is 31.5 Å². The van der Waals surface area contributed by atoms with E-state index in [1.165, 1.54) is 11.1 Å². The molecule has 11 heteroatoms. The highest BCUT2D eigenvalue weighted by molar-refractivity contribution is 5.74. The van der Waals surface area contributed by atoms with Crippen molar-refractivity contribution in [3.8, 4) is 0 Å². The summed E-state index contributed by atoms with van der Waals surface area (Å²) in [4.78, 5) is 12.4. The van der Waals surface area contributed by atoms with Gasteiger partial charge in [0.15, 0.2) is 0 Å². The van der Waals surface area contributed by atoms with E-state index < -0.39 is 42.0 Å². The van der Waals surface area contributed by atoms with Crippen LogP contribution in [0.25, 0.3) is 0 Å². The number of rotatable bonds is 18. The summed E-state index contributed by atoms with van der Waals surface area (Å²) in [6.45, 7) is 11.0. The standard InChI is InChI=1S/C50H74N2O9/c1-33(39-14-13-34(2)47(58)52-48(4,21-24-60-6)27-37-11-8-10-36(25-37)26-39)9-7-12-41(31-61-32-42(56)30-55)43-17-19-50(46(43)57)45-38(18-23-53)15-16-40(44(45)35(3)29-54)28-49(50,59)20-22-51-5/h7-13,15-16,25,29,38-40,42-43,45-47,51-53,55-59H,1,14,17-24,26-28,30-32H2,2-6H3/b9-7+,34-13+,41-12-,44-35?/t38-,39-,40-,42+,43-,45-,46+,47+,48-,49+,50+/m0/s1. The van der Waals surface area contributed by atoms with Crippen molar-refractivity contribution in [2.24, 2.45) is 35.0 Å². The lowest BCUT2D eigenvalue weighted by Gasteiger charge is -2.61. The molecule has 61 heavy (non-hydrogen) atoms. The fourth-order valence-electron chi connectivity index (χ4n) is 11.1. The zero-order chi connectivity index (χ0) is 44.4. The molecule has 4 aliphatic rings. The van der Waals surface area contributed by atoms with Gasteiger partial charge in [-0.1, -0.05) is 78.4 Å². The Hall–Kier alpha value is -3.07. The quantitative estimate of drug-likeness (QED) is 0.0446. The molecule has 338 valence electrons. The highest BCUT2D eigenvalue weighted by Gasteiger charge is 2.68. The number of ether oxygens (including phenoxy) is 2. The number of hydrogen-bond acceptors (Lipinski definition) is 11. The van der Waals surface area contributed by atoms with Gasteiger partial charge in [-0.05, 0) is 138 Å². The number of carbonyl (C=O) groups is 1. The summed E-state index contributed by atoms with van der Waals surface area (Å²) in [6.07, 6.45) is 15.2. The first kappa shape index (κ1) is 49.0. The molecule has 4 bridgehead atoms. The predicted octanol–water partition coefficient (Wildman–Crippen LogP) is 4.67. The van der Waals surface area contributed by atoms with Gasteiger partial charge in [-0.3, -0.25) is 10.1 Å². The lowest BCUT2D eigenvalue weighted by atomic mass is 9.45. The molecular weight excluding hydrogens is 773 g/mol. The van der Waals surface area contributed by atoms with Crippen molar-refractivity contribution in [2.45, 2.75) is 108 Å². The molecule has 0 aromatic heterocycles. The van der Waals surface area contributed by atoms with Gasteiger partial charge < -0.3 is 45.4 Å². The van der Waals surface area contributed by atoms with E-state index in [2.05, 4.69) is 66.6 Å². The van der Waals surface area contributed by atoms with Crippen LogP contribution < -0.4 is 10.6 Å². The second-order valence-electron chi connectivity index (χ2n) is 18.6. The lowest BCUT2D eigenvalue weighted by molar-refractivity contribution is -0.194. The van der Waals surface area contributed by atoms with Crippen molar-refractivity contribution in [1.82, 2.24) is 10.6 Å². The van der Waals surface area contributed by atoms with Crippen LogP contribution >= 0.6 is 0 Å². The number of aldehydes is 1. The van der Waals surface area contributed by atoms with Crippen LogP contribution in [-0.4, -0.2) is 120 Å². The molecule has 11 atom stereocenters. The van der Waals surface area contributed by atoms with Crippen LogP contribution in [0.5, 0.6) is 0 Å². The Labute approximate surface area is 364 Å². The topological polar surface area (TPSA) is 181 Å². The van der Waals surface area contributed by atoms with Gasteiger partial charge in [-0.15, -0.1) is 0 Å². The molecule has 2 fully saturated rings. The molecule has 2 saturated carbocycles. The molecule has 8 N–H and O–H groups in total. The number of aliphatic hydroxyl groups is 6. The smallest absolute Gasteiger partial charge is 0.145 e. The van der Waals surface area contributed by atoms with E-state index in [0.29, 0.717) is 57.2 Å². The number of aliphatic hydroxyl groups excluding tert-OH is 5. The summed E-state index contributed by atoms with van der Waals surface area (Å²) in [5, 5.41) is 73.7. The first-order chi connectivity index (χ1) is 29.2. The third kappa shape index (κ3) is 11.2. The monoisotopic (exact) mass is 847 g/mol. The van der Waals surface area contributed by atoms with Gasteiger partial charge >= 0.3 is 0 Å². The summed E-state index contributed by atoms with van der Waals surface area (Å²) >= 11 is 0. The van der Waals surface area contributed by atoms with E-state index in [1.807, 2.05) is 39.1 Å². The molecular formula is C50H74N2O9. The minimum absolute atomic E-state index is 0.0209. The van der Waals surface area contributed by atoms with Crippen molar-refractivity contribution in [3.63, 3.8) is 0 Å². The van der Waals surface area contributed by atoms with Crippen molar-refractivity contribution >= 4 is 6.29 Å². The Morgan fingerprint density at radius 2 is 1.93 bits per heavy atom. The second kappa shape index (κ2) is 22.0. The molecule has 1 heterocycles. The first-order valence-corrected chi connectivity index (χ1v) is 22.3. The fraction of sp³-hybridized carbons (Fsp3) is 0.620. The van der Waals surface area contributed by atoms with Gasteiger partial charge in [0, 0.05) is 43.1 Å². The van der Waals surface area contributed by atoms with Gasteiger partial charge in [0.1, 0.15) is 18.6 Å². The van der Waals surface area contributed by atoms with Crippen molar-refractivity contribution < 1.29 is 44.9 Å². The second-order valence-corrected chi connectivity index (χ2v) is 18.6. The largest absolute Gasteiger partial charge is 0.396 e. The molecule has 11 nitrogen and oxygen atoms in total. The molecule has 0 amide bonds. The number of allylic oxidation sites excluding steroid dienone is 9. The van der Waals surface area contributed by atoms with Crippen LogP contribution in [0.4, 0.5) is 0 Å². The third-order valence-corrected chi connectivity index (χ3v) is 14.4. The average Bonchev–Trinajstić information content (AvgIpc) is 3.59. The maximum absolute atomic E-state index is 12.9. The summed E-state index contributed by atoms with van der Waals surface area (Å²) < 4.78 is 11.4. The molecule has 1 spiro atoms. The highest BCUT2D eigenvalue weighted by Crippen LogP contribution is 2.67. The van der Waals surface area contributed by atoms with Crippen LogP contribution in [0.3, 0.4) is 0 Å². The summed E-state index contributed by atoms with van der Waals surface area (Å²) in [5.41, 5.74) is 3.76. The number of benzene rings is 1. The zero-order valence-electron chi connectivity index (χ0n) is 37.2.